The zero-order valence-corrected chi connectivity index (χ0v) is 15.5. The van der Waals surface area contributed by atoms with Crippen molar-refractivity contribution in [2.75, 3.05) is 20.3 Å². The number of hydrogen-bond acceptors (Lipinski definition) is 3. The van der Waals surface area contributed by atoms with Gasteiger partial charge in [0, 0.05) is 28.1 Å². The normalized spacial score (nSPS) is 30.4. The summed E-state index contributed by atoms with van der Waals surface area (Å²) in [6.07, 6.45) is 3.63. The Morgan fingerprint density at radius 3 is 2.74 bits per heavy atom. The summed E-state index contributed by atoms with van der Waals surface area (Å²) in [4.78, 5) is 14.9. The van der Waals surface area contributed by atoms with Crippen molar-refractivity contribution >= 4 is 28.6 Å². The Morgan fingerprint density at radius 1 is 1.35 bits per heavy atom. The molecule has 2 bridgehead atoms. The van der Waals surface area contributed by atoms with Gasteiger partial charge >= 0.3 is 5.97 Å². The number of piperidine rings is 1. The Bertz CT molecular complexity index is 550. The van der Waals surface area contributed by atoms with E-state index in [0.717, 1.165) is 25.8 Å². The van der Waals surface area contributed by atoms with Gasteiger partial charge in [0.25, 0.3) is 0 Å². The van der Waals surface area contributed by atoms with Crippen LogP contribution in [0.15, 0.2) is 24.3 Å². The van der Waals surface area contributed by atoms with Crippen molar-refractivity contribution in [1.29, 1.82) is 0 Å². The highest BCUT2D eigenvalue weighted by Gasteiger charge is 2.50. The Labute approximate surface area is 150 Å². The van der Waals surface area contributed by atoms with Gasteiger partial charge in [-0.15, -0.1) is 0 Å². The number of halogens is 2. The number of carbonyl (C=O) groups is 1. The van der Waals surface area contributed by atoms with E-state index in [1.54, 1.807) is 0 Å². The highest BCUT2D eigenvalue weighted by atomic mass is 123. The zero-order valence-electron chi connectivity index (χ0n) is 13.4. The molecule has 0 aromatic heterocycles. The first kappa shape index (κ1) is 17.1. The van der Waals surface area contributed by atoms with Crippen molar-refractivity contribution in [3.63, 3.8) is 0 Å². The summed E-state index contributed by atoms with van der Waals surface area (Å²) in [5, 5.41) is 0. The minimum absolute atomic E-state index is 0.121. The van der Waals surface area contributed by atoms with Crippen LogP contribution in [0.5, 0.6) is 0 Å². The number of alkyl halides is 1. The number of rotatable bonds is 5. The van der Waals surface area contributed by atoms with E-state index in [2.05, 4.69) is 51.8 Å². The van der Waals surface area contributed by atoms with E-state index in [4.69, 9.17) is 4.74 Å². The molecule has 0 saturated carbocycles. The predicted octanol–water partition coefficient (Wildman–Crippen LogP) is 3.76. The van der Waals surface area contributed by atoms with Crippen LogP contribution >= 0.6 is 22.6 Å². The van der Waals surface area contributed by atoms with Crippen LogP contribution in [-0.2, 0) is 9.53 Å². The van der Waals surface area contributed by atoms with Gasteiger partial charge in [0.05, 0.1) is 19.7 Å². The third-order valence-corrected chi connectivity index (χ3v) is 6.11. The van der Waals surface area contributed by atoms with Crippen LogP contribution in [0.1, 0.15) is 37.2 Å². The lowest BCUT2D eigenvalue weighted by Gasteiger charge is -2.43. The van der Waals surface area contributed by atoms with Gasteiger partial charge < -0.3 is 4.74 Å². The molecule has 2 saturated heterocycles. The summed E-state index contributed by atoms with van der Waals surface area (Å²) < 4.78 is 18.9. The molecule has 1 aromatic rings. The van der Waals surface area contributed by atoms with Crippen molar-refractivity contribution in [2.24, 2.45) is 5.92 Å². The Kier molecular flexibility index (Phi) is 5.57. The molecule has 2 fully saturated rings. The van der Waals surface area contributed by atoms with Gasteiger partial charge in [-0.25, -0.2) is 0 Å². The third-order valence-electron chi connectivity index (χ3n) is 5.39. The Balaban J connectivity index is 1.88. The predicted molar refractivity (Wildman–Crippen MR) is 96.1 cm³/mol. The van der Waals surface area contributed by atoms with E-state index < -0.39 is 0 Å². The largest absolute Gasteiger partial charge is 0.469 e. The second kappa shape index (κ2) is 7.47. The molecular formula is C18H23FINO2. The van der Waals surface area contributed by atoms with Gasteiger partial charge in [0.2, 0.25) is 0 Å². The molecule has 2 aliphatic heterocycles. The summed E-state index contributed by atoms with van der Waals surface area (Å²) in [5.41, 5.74) is 1.22. The highest BCUT2D eigenvalue weighted by Crippen LogP contribution is 2.47. The van der Waals surface area contributed by atoms with Gasteiger partial charge in [0.15, 0.2) is 0 Å². The van der Waals surface area contributed by atoms with Gasteiger partial charge in [0.1, 0.15) is 0 Å². The fourth-order valence-corrected chi connectivity index (χ4v) is 4.77. The molecule has 0 amide bonds. The van der Waals surface area contributed by atoms with Crippen molar-refractivity contribution < 1.29 is 13.9 Å². The molecule has 4 atom stereocenters. The lowest BCUT2D eigenvalue weighted by Crippen LogP contribution is -2.51. The average Bonchev–Trinajstić information content (AvgIpc) is 2.84. The van der Waals surface area contributed by atoms with Crippen LogP contribution in [0.3, 0.4) is 0 Å². The summed E-state index contributed by atoms with van der Waals surface area (Å²) in [6.45, 7) is 0.456. The van der Waals surface area contributed by atoms with E-state index in [1.807, 2.05) is 0 Å². The number of esters is 1. The molecule has 23 heavy (non-hydrogen) atoms. The molecule has 0 unspecified atom stereocenters. The standard InChI is InChI=1S/C18H23FINO2/c1-23-18(22)17-15(12-3-5-13(20)6-4-12)11-14-7-8-16(17)21(14)10-2-9-19/h3-6,14-17H,2,7-11H2,1H3/t14-,15-,16-,17+/m1/s1/i20-4. The number of fused-ring (bicyclic) bond motifs is 2. The molecule has 0 aliphatic carbocycles. The quantitative estimate of drug-likeness (QED) is 0.530. The van der Waals surface area contributed by atoms with Gasteiger partial charge in [-0.2, -0.15) is 0 Å². The van der Waals surface area contributed by atoms with E-state index in [-0.39, 0.29) is 30.5 Å². The fraction of sp³-hybridized carbons (Fsp3) is 0.611. The minimum Gasteiger partial charge on any atom is -0.469 e. The van der Waals surface area contributed by atoms with E-state index in [1.165, 1.54) is 16.2 Å². The molecule has 3 nitrogen and oxygen atoms in total. The SMILES string of the molecule is COC(=O)[C@H]1[C@@H](c2ccc([123I])cc2)C[C@H]2CC[C@H]1N2CCCF. The highest BCUT2D eigenvalue weighted by molar-refractivity contribution is 14.1. The number of ether oxygens (including phenoxy) is 1. The number of carbonyl (C=O) groups excluding carboxylic acids is 1. The van der Waals surface area contributed by atoms with E-state index in [9.17, 15) is 9.18 Å². The number of methoxy groups -OCH3 is 1. The van der Waals surface area contributed by atoms with Crippen LogP contribution in [0.4, 0.5) is 4.39 Å². The molecule has 3 rings (SSSR count). The maximum absolute atomic E-state index is 12.6. The van der Waals surface area contributed by atoms with Crippen LogP contribution in [0, 0.1) is 9.49 Å². The maximum Gasteiger partial charge on any atom is 0.310 e. The Morgan fingerprint density at radius 2 is 2.09 bits per heavy atom. The van der Waals surface area contributed by atoms with Crippen molar-refractivity contribution in [2.45, 2.75) is 43.7 Å². The fourth-order valence-electron chi connectivity index (χ4n) is 4.41. The van der Waals surface area contributed by atoms with Gasteiger partial charge in [-0.05, 0) is 66.0 Å². The molecular weight excluding hydrogens is 404 g/mol. The Hall–Kier alpha value is -0.690. The lowest BCUT2D eigenvalue weighted by molar-refractivity contribution is -0.150. The topological polar surface area (TPSA) is 29.5 Å². The molecule has 0 radical (unpaired) electrons. The zero-order chi connectivity index (χ0) is 16.4. The molecule has 2 aliphatic rings. The number of nitrogens with zero attached hydrogens (tertiary/aromatic N) is 1. The van der Waals surface area contributed by atoms with Crippen LogP contribution in [-0.4, -0.2) is 43.3 Å². The summed E-state index contributed by atoms with van der Waals surface area (Å²) >= 11 is 2.30. The van der Waals surface area contributed by atoms with Crippen LogP contribution in [0.2, 0.25) is 0 Å². The molecule has 1 aromatic carbocycles. The summed E-state index contributed by atoms with van der Waals surface area (Å²) in [7, 11) is 1.47. The van der Waals surface area contributed by atoms with Crippen molar-refractivity contribution in [3.8, 4) is 0 Å². The first-order chi connectivity index (χ1) is 11.2. The summed E-state index contributed by atoms with van der Waals surface area (Å²) in [5.74, 6) is -0.0545. The van der Waals surface area contributed by atoms with Crippen molar-refractivity contribution in [3.05, 3.63) is 33.4 Å². The lowest BCUT2D eigenvalue weighted by atomic mass is 9.76. The third kappa shape index (κ3) is 3.40. The maximum atomic E-state index is 12.6. The van der Waals surface area contributed by atoms with Crippen molar-refractivity contribution in [1.82, 2.24) is 4.90 Å². The molecule has 126 valence electrons. The molecule has 2 heterocycles. The smallest absolute Gasteiger partial charge is 0.310 e. The number of hydrogen-bond donors (Lipinski definition) is 0. The van der Waals surface area contributed by atoms with Crippen LogP contribution < -0.4 is 0 Å². The molecule has 5 heteroatoms. The molecule has 0 N–H and O–H groups in total. The summed E-state index contributed by atoms with van der Waals surface area (Å²) in [6, 6.07) is 9.13. The van der Waals surface area contributed by atoms with E-state index in [0.29, 0.717) is 12.5 Å². The second-order valence-corrected chi connectivity index (χ2v) is 7.77. The van der Waals surface area contributed by atoms with E-state index >= 15 is 0 Å². The van der Waals surface area contributed by atoms with Crippen LogP contribution in [0.25, 0.3) is 0 Å². The minimum atomic E-state index is -0.292. The molecule has 0 spiro atoms. The average molecular weight is 427 g/mol. The second-order valence-electron chi connectivity index (χ2n) is 6.52. The number of benzene rings is 1. The monoisotopic (exact) mass is 427 g/mol. The first-order valence-corrected chi connectivity index (χ1v) is 9.38. The first-order valence-electron chi connectivity index (χ1n) is 8.30. The van der Waals surface area contributed by atoms with Gasteiger partial charge in [-0.1, -0.05) is 12.1 Å². The van der Waals surface area contributed by atoms with Gasteiger partial charge in [-0.3, -0.25) is 14.1 Å².